The number of ether oxygens (including phenoxy) is 4. The number of aromatic nitrogens is 2. The van der Waals surface area contributed by atoms with Crippen LogP contribution in [0.5, 0.6) is 11.8 Å². The molecule has 1 N–H and O–H groups in total. The molecule has 1 aromatic heterocycles. The first-order valence-corrected chi connectivity index (χ1v) is 9.85. The zero-order valence-electron chi connectivity index (χ0n) is 16.1. The minimum atomic E-state index is -0.315. The van der Waals surface area contributed by atoms with E-state index in [4.69, 9.17) is 35.0 Å². The molecular weight excluding hydrogens is 402 g/mol. The molecule has 0 radical (unpaired) electrons. The van der Waals surface area contributed by atoms with Crippen LogP contribution in [0, 0.1) is 0 Å². The van der Waals surface area contributed by atoms with E-state index in [0.717, 1.165) is 6.42 Å². The van der Waals surface area contributed by atoms with Crippen LogP contribution in [0.4, 0.5) is 0 Å². The Morgan fingerprint density at radius 2 is 2.03 bits per heavy atom. The third-order valence-corrected chi connectivity index (χ3v) is 4.43. The fourth-order valence-corrected chi connectivity index (χ4v) is 2.88. The van der Waals surface area contributed by atoms with E-state index in [-0.39, 0.29) is 30.7 Å². The highest BCUT2D eigenvalue weighted by Gasteiger charge is 2.28. The Hall–Kier alpha value is -2.36. The van der Waals surface area contributed by atoms with Crippen molar-refractivity contribution in [3.8, 4) is 11.8 Å². The van der Waals surface area contributed by atoms with Crippen molar-refractivity contribution in [3.63, 3.8) is 0 Å². The summed E-state index contributed by atoms with van der Waals surface area (Å²) < 4.78 is 27.2. The summed E-state index contributed by atoms with van der Waals surface area (Å²) in [6, 6.07) is 6.73. The lowest BCUT2D eigenvalue weighted by atomic mass is 10.1. The van der Waals surface area contributed by atoms with E-state index in [0.29, 0.717) is 49.5 Å². The number of carbonyl (C=O) groups is 1. The first-order valence-electron chi connectivity index (χ1n) is 9.47. The predicted molar refractivity (Wildman–Crippen MR) is 103 cm³/mol. The number of halogens is 1. The monoisotopic (exact) mass is 425 g/mol. The SMILES string of the molecule is CCOCCOc1nnc([C@@H]2CC[C@@H](NC(=O)COc3ccc(Cl)cc3)CO2)o1. The molecule has 10 heteroatoms. The molecule has 1 aromatic carbocycles. The van der Waals surface area contributed by atoms with E-state index in [2.05, 4.69) is 15.5 Å². The fraction of sp³-hybridized carbons (Fsp3) is 0.526. The van der Waals surface area contributed by atoms with Gasteiger partial charge in [0, 0.05) is 11.6 Å². The number of amides is 1. The standard InChI is InChI=1S/C19H24ClN3O6/c1-2-25-9-10-26-19-23-22-18(29-19)16-8-5-14(11-28-16)21-17(24)12-27-15-6-3-13(20)4-7-15/h3-4,6-7,14,16H,2,5,8-12H2,1H3,(H,21,24)/t14-,16+/m1/s1. The molecule has 3 rings (SSSR count). The van der Waals surface area contributed by atoms with E-state index < -0.39 is 0 Å². The van der Waals surface area contributed by atoms with Crippen LogP contribution in [0.2, 0.25) is 5.02 Å². The van der Waals surface area contributed by atoms with E-state index in [9.17, 15) is 4.79 Å². The fourth-order valence-electron chi connectivity index (χ4n) is 2.75. The average molecular weight is 426 g/mol. The van der Waals surface area contributed by atoms with Gasteiger partial charge in [-0.2, -0.15) is 0 Å². The maximum Gasteiger partial charge on any atom is 0.414 e. The Kier molecular flexibility index (Phi) is 8.09. The molecule has 1 fully saturated rings. The van der Waals surface area contributed by atoms with Crippen LogP contribution in [-0.2, 0) is 14.3 Å². The van der Waals surface area contributed by atoms with Crippen LogP contribution < -0.4 is 14.8 Å². The quantitative estimate of drug-likeness (QED) is 0.579. The van der Waals surface area contributed by atoms with Gasteiger partial charge in [0.25, 0.3) is 5.91 Å². The number of benzene rings is 1. The summed E-state index contributed by atoms with van der Waals surface area (Å²) in [7, 11) is 0. The summed E-state index contributed by atoms with van der Waals surface area (Å²) in [5.74, 6) is 0.738. The molecule has 2 aromatic rings. The van der Waals surface area contributed by atoms with E-state index in [1.807, 2.05) is 6.92 Å². The average Bonchev–Trinajstić information content (AvgIpc) is 3.20. The lowest BCUT2D eigenvalue weighted by Crippen LogP contribution is -2.43. The zero-order chi connectivity index (χ0) is 20.5. The summed E-state index contributed by atoms with van der Waals surface area (Å²) in [4.78, 5) is 12.1. The minimum absolute atomic E-state index is 0.0757. The van der Waals surface area contributed by atoms with Gasteiger partial charge in [-0.05, 0) is 44.0 Å². The maximum atomic E-state index is 12.1. The zero-order valence-corrected chi connectivity index (χ0v) is 16.9. The molecule has 9 nitrogen and oxygen atoms in total. The second-order valence-electron chi connectivity index (χ2n) is 6.36. The van der Waals surface area contributed by atoms with Gasteiger partial charge in [-0.3, -0.25) is 4.79 Å². The lowest BCUT2D eigenvalue weighted by Gasteiger charge is -2.27. The molecule has 29 heavy (non-hydrogen) atoms. The number of hydrogen-bond donors (Lipinski definition) is 1. The maximum absolute atomic E-state index is 12.1. The van der Waals surface area contributed by atoms with Crippen LogP contribution in [0.3, 0.4) is 0 Å². The molecular formula is C19H24ClN3O6. The van der Waals surface area contributed by atoms with Gasteiger partial charge in [-0.25, -0.2) is 0 Å². The summed E-state index contributed by atoms with van der Waals surface area (Å²) in [6.07, 6.45) is 1.15. The number of nitrogens with one attached hydrogen (secondary N) is 1. The van der Waals surface area contributed by atoms with Gasteiger partial charge in [-0.1, -0.05) is 16.7 Å². The second kappa shape index (κ2) is 11.0. The number of carbonyl (C=O) groups excluding carboxylic acids is 1. The molecule has 0 saturated carbocycles. The Morgan fingerprint density at radius 1 is 1.21 bits per heavy atom. The van der Waals surface area contributed by atoms with Crippen molar-refractivity contribution in [1.82, 2.24) is 15.5 Å². The van der Waals surface area contributed by atoms with Gasteiger partial charge in [0.05, 0.1) is 19.3 Å². The van der Waals surface area contributed by atoms with Gasteiger partial charge in [-0.15, -0.1) is 5.10 Å². The van der Waals surface area contributed by atoms with E-state index >= 15 is 0 Å². The van der Waals surface area contributed by atoms with Crippen molar-refractivity contribution in [3.05, 3.63) is 35.2 Å². The number of nitrogens with zero attached hydrogens (tertiary/aromatic N) is 2. The van der Waals surface area contributed by atoms with Crippen molar-refractivity contribution in [2.24, 2.45) is 0 Å². The Balaban J connectivity index is 1.36. The van der Waals surface area contributed by atoms with Gasteiger partial charge in [0.2, 0.25) is 5.89 Å². The molecule has 1 saturated heterocycles. The molecule has 0 spiro atoms. The first-order chi connectivity index (χ1) is 14.1. The van der Waals surface area contributed by atoms with Crippen LogP contribution >= 0.6 is 11.6 Å². The third-order valence-electron chi connectivity index (χ3n) is 4.18. The molecule has 158 valence electrons. The van der Waals surface area contributed by atoms with Crippen LogP contribution in [0.1, 0.15) is 31.8 Å². The lowest BCUT2D eigenvalue weighted by molar-refractivity contribution is -0.125. The normalized spacial score (nSPS) is 19.0. The number of hydrogen-bond acceptors (Lipinski definition) is 8. The van der Waals surface area contributed by atoms with Gasteiger partial charge >= 0.3 is 6.08 Å². The third kappa shape index (κ3) is 6.88. The highest BCUT2D eigenvalue weighted by Crippen LogP contribution is 2.28. The van der Waals surface area contributed by atoms with Crippen molar-refractivity contribution in [1.29, 1.82) is 0 Å². The summed E-state index contributed by atoms with van der Waals surface area (Å²) in [6.45, 7) is 3.60. The van der Waals surface area contributed by atoms with Crippen molar-refractivity contribution in [2.45, 2.75) is 31.9 Å². The van der Waals surface area contributed by atoms with Crippen LogP contribution in [0.15, 0.2) is 28.7 Å². The van der Waals surface area contributed by atoms with E-state index in [1.165, 1.54) is 0 Å². The molecule has 0 unspecified atom stereocenters. The molecule has 1 aliphatic heterocycles. The molecule has 1 amide bonds. The van der Waals surface area contributed by atoms with Crippen molar-refractivity contribution in [2.75, 3.05) is 33.0 Å². The van der Waals surface area contributed by atoms with Crippen LogP contribution in [0.25, 0.3) is 0 Å². The highest BCUT2D eigenvalue weighted by atomic mass is 35.5. The highest BCUT2D eigenvalue weighted by molar-refractivity contribution is 6.30. The Bertz CT molecular complexity index is 762. The molecule has 2 heterocycles. The molecule has 1 aliphatic rings. The van der Waals surface area contributed by atoms with Gasteiger partial charge in [0.1, 0.15) is 18.5 Å². The molecule has 2 atom stereocenters. The van der Waals surface area contributed by atoms with Crippen molar-refractivity contribution < 1.29 is 28.2 Å². The summed E-state index contributed by atoms with van der Waals surface area (Å²) >= 11 is 5.82. The topological polar surface area (TPSA) is 105 Å². The summed E-state index contributed by atoms with van der Waals surface area (Å²) in [5.41, 5.74) is 0. The molecule has 0 aliphatic carbocycles. The summed E-state index contributed by atoms with van der Waals surface area (Å²) in [5, 5.41) is 11.3. The van der Waals surface area contributed by atoms with E-state index in [1.54, 1.807) is 24.3 Å². The second-order valence-corrected chi connectivity index (χ2v) is 6.79. The first kappa shape index (κ1) is 21.4. The van der Waals surface area contributed by atoms with Gasteiger partial charge in [0.15, 0.2) is 6.61 Å². The van der Waals surface area contributed by atoms with Crippen molar-refractivity contribution >= 4 is 17.5 Å². The Labute approximate surface area is 173 Å². The van der Waals surface area contributed by atoms with Crippen LogP contribution in [-0.4, -0.2) is 55.2 Å². The smallest absolute Gasteiger partial charge is 0.414 e. The molecule has 0 bridgehead atoms. The largest absolute Gasteiger partial charge is 0.484 e. The Morgan fingerprint density at radius 3 is 2.76 bits per heavy atom. The predicted octanol–water partition coefficient (Wildman–Crippen LogP) is 2.55. The number of rotatable bonds is 10. The minimum Gasteiger partial charge on any atom is -0.484 e. The van der Waals surface area contributed by atoms with Gasteiger partial charge < -0.3 is 28.7 Å².